The van der Waals surface area contributed by atoms with Gasteiger partial charge in [-0.05, 0) is 23.8 Å². The zero-order chi connectivity index (χ0) is 22.5. The summed E-state index contributed by atoms with van der Waals surface area (Å²) in [5.74, 6) is -0.812. The summed E-state index contributed by atoms with van der Waals surface area (Å²) >= 11 is 0. The SMILES string of the molecule is COCCN1C(=O)c2ccc(C(=O)N3CCN(C/C=C/c4ccccc4)CC3)cc2C1=O. The highest BCUT2D eigenvalue weighted by atomic mass is 16.5. The minimum Gasteiger partial charge on any atom is -0.383 e. The molecule has 2 aromatic rings. The van der Waals surface area contributed by atoms with Crippen LogP contribution in [0, 0.1) is 0 Å². The predicted molar refractivity (Wildman–Crippen MR) is 122 cm³/mol. The number of imide groups is 1. The van der Waals surface area contributed by atoms with Crippen molar-refractivity contribution in [1.29, 1.82) is 0 Å². The number of hydrogen-bond donors (Lipinski definition) is 0. The van der Waals surface area contributed by atoms with Crippen LogP contribution < -0.4 is 0 Å². The van der Waals surface area contributed by atoms with E-state index in [0.717, 1.165) is 19.6 Å². The molecule has 4 rings (SSSR count). The summed E-state index contributed by atoms with van der Waals surface area (Å²) < 4.78 is 4.98. The van der Waals surface area contributed by atoms with Crippen LogP contribution in [0.15, 0.2) is 54.6 Å². The van der Waals surface area contributed by atoms with E-state index in [1.807, 2.05) is 23.1 Å². The summed E-state index contributed by atoms with van der Waals surface area (Å²) in [6.07, 6.45) is 4.25. The van der Waals surface area contributed by atoms with Crippen molar-refractivity contribution in [3.05, 3.63) is 76.9 Å². The summed E-state index contributed by atoms with van der Waals surface area (Å²) in [5.41, 5.74) is 2.25. The fourth-order valence-electron chi connectivity index (χ4n) is 4.03. The molecule has 2 aliphatic heterocycles. The lowest BCUT2D eigenvalue weighted by molar-refractivity contribution is 0.0602. The zero-order valence-corrected chi connectivity index (χ0v) is 18.2. The van der Waals surface area contributed by atoms with Gasteiger partial charge < -0.3 is 9.64 Å². The van der Waals surface area contributed by atoms with E-state index in [1.54, 1.807) is 18.2 Å². The Hall–Kier alpha value is -3.29. The van der Waals surface area contributed by atoms with Gasteiger partial charge in [0.2, 0.25) is 0 Å². The van der Waals surface area contributed by atoms with Crippen LogP contribution in [0.4, 0.5) is 0 Å². The standard InChI is InChI=1S/C25H27N3O4/c1-32-17-16-28-24(30)21-10-9-20(18-22(21)25(28)31)23(29)27-14-12-26(13-15-27)11-5-8-19-6-3-2-4-7-19/h2-10,18H,11-17H2,1H3/b8-5+. The van der Waals surface area contributed by atoms with E-state index in [2.05, 4.69) is 29.2 Å². The summed E-state index contributed by atoms with van der Waals surface area (Å²) in [5, 5.41) is 0. The Morgan fingerprint density at radius 3 is 2.41 bits per heavy atom. The lowest BCUT2D eigenvalue weighted by Crippen LogP contribution is -2.48. The molecular weight excluding hydrogens is 406 g/mol. The molecule has 32 heavy (non-hydrogen) atoms. The molecule has 166 valence electrons. The van der Waals surface area contributed by atoms with E-state index >= 15 is 0 Å². The normalized spacial score (nSPS) is 16.8. The number of fused-ring (bicyclic) bond motifs is 1. The minimum atomic E-state index is -0.369. The second kappa shape index (κ2) is 9.89. The van der Waals surface area contributed by atoms with Gasteiger partial charge in [0.1, 0.15) is 0 Å². The Morgan fingerprint density at radius 1 is 0.969 bits per heavy atom. The Labute approximate surface area is 187 Å². The molecule has 3 amide bonds. The van der Waals surface area contributed by atoms with Crippen LogP contribution in [-0.2, 0) is 4.74 Å². The monoisotopic (exact) mass is 433 g/mol. The largest absolute Gasteiger partial charge is 0.383 e. The van der Waals surface area contributed by atoms with Gasteiger partial charge in [-0.25, -0.2) is 0 Å². The molecule has 2 aliphatic rings. The molecule has 0 unspecified atom stereocenters. The minimum absolute atomic E-state index is 0.108. The van der Waals surface area contributed by atoms with Gasteiger partial charge in [-0.15, -0.1) is 0 Å². The number of ether oxygens (including phenoxy) is 1. The van der Waals surface area contributed by atoms with E-state index < -0.39 is 0 Å². The lowest BCUT2D eigenvalue weighted by atomic mass is 10.0. The highest BCUT2D eigenvalue weighted by molar-refractivity contribution is 6.22. The maximum absolute atomic E-state index is 13.0. The molecule has 7 heteroatoms. The first-order valence-electron chi connectivity index (χ1n) is 10.8. The predicted octanol–water partition coefficient (Wildman–Crippen LogP) is 2.40. The molecule has 0 saturated carbocycles. The van der Waals surface area contributed by atoms with Crippen LogP contribution in [0.25, 0.3) is 6.08 Å². The van der Waals surface area contributed by atoms with Crippen molar-refractivity contribution in [2.75, 3.05) is 53.0 Å². The first kappa shape index (κ1) is 21.9. The van der Waals surface area contributed by atoms with Crippen molar-refractivity contribution in [1.82, 2.24) is 14.7 Å². The number of nitrogens with zero attached hydrogens (tertiary/aromatic N) is 3. The molecule has 2 heterocycles. The number of carbonyl (C=O) groups excluding carboxylic acids is 3. The number of amides is 3. The lowest BCUT2D eigenvalue weighted by Gasteiger charge is -2.34. The van der Waals surface area contributed by atoms with E-state index in [1.165, 1.54) is 17.6 Å². The molecule has 1 saturated heterocycles. The van der Waals surface area contributed by atoms with Gasteiger partial charge in [0.15, 0.2) is 0 Å². The number of methoxy groups -OCH3 is 1. The van der Waals surface area contributed by atoms with Crippen molar-refractivity contribution in [3.63, 3.8) is 0 Å². The number of carbonyl (C=O) groups is 3. The summed E-state index contributed by atoms with van der Waals surface area (Å²) in [4.78, 5) is 43.4. The number of hydrogen-bond acceptors (Lipinski definition) is 5. The molecular formula is C25H27N3O4. The van der Waals surface area contributed by atoms with Crippen LogP contribution in [0.1, 0.15) is 36.6 Å². The van der Waals surface area contributed by atoms with Gasteiger partial charge >= 0.3 is 0 Å². The molecule has 0 bridgehead atoms. The Bertz CT molecular complexity index is 1030. The smallest absolute Gasteiger partial charge is 0.261 e. The molecule has 1 fully saturated rings. The highest BCUT2D eigenvalue weighted by Gasteiger charge is 2.36. The van der Waals surface area contributed by atoms with Crippen LogP contribution in [0.2, 0.25) is 0 Å². The van der Waals surface area contributed by atoms with Gasteiger partial charge in [-0.2, -0.15) is 0 Å². The van der Waals surface area contributed by atoms with Crippen molar-refractivity contribution in [2.45, 2.75) is 0 Å². The molecule has 0 aliphatic carbocycles. The number of rotatable bonds is 7. The van der Waals surface area contributed by atoms with Crippen LogP contribution in [0.5, 0.6) is 0 Å². The molecule has 0 spiro atoms. The summed E-state index contributed by atoms with van der Waals surface area (Å²) in [6, 6.07) is 15.0. The van der Waals surface area contributed by atoms with Crippen LogP contribution in [0.3, 0.4) is 0 Å². The van der Waals surface area contributed by atoms with Gasteiger partial charge in [0.05, 0.1) is 24.3 Å². The third-order valence-corrected chi connectivity index (χ3v) is 5.87. The van der Waals surface area contributed by atoms with Crippen molar-refractivity contribution < 1.29 is 19.1 Å². The average Bonchev–Trinajstić information content (AvgIpc) is 3.07. The molecule has 7 nitrogen and oxygen atoms in total. The Kier molecular flexibility index (Phi) is 6.78. The summed E-state index contributed by atoms with van der Waals surface area (Å²) in [7, 11) is 1.52. The average molecular weight is 434 g/mol. The van der Waals surface area contributed by atoms with Crippen molar-refractivity contribution in [2.24, 2.45) is 0 Å². The number of benzene rings is 2. The molecule has 2 aromatic carbocycles. The van der Waals surface area contributed by atoms with E-state index in [0.29, 0.717) is 29.8 Å². The van der Waals surface area contributed by atoms with Crippen LogP contribution in [-0.4, -0.2) is 85.4 Å². The third kappa shape index (κ3) is 4.64. The van der Waals surface area contributed by atoms with E-state index in [9.17, 15) is 14.4 Å². The Balaban J connectivity index is 1.34. The first-order chi connectivity index (χ1) is 15.6. The highest BCUT2D eigenvalue weighted by Crippen LogP contribution is 2.24. The van der Waals surface area contributed by atoms with Gasteiger partial charge in [0, 0.05) is 45.4 Å². The van der Waals surface area contributed by atoms with Crippen molar-refractivity contribution >= 4 is 23.8 Å². The quantitative estimate of drug-likeness (QED) is 0.627. The summed E-state index contributed by atoms with van der Waals surface area (Å²) in [6.45, 7) is 4.15. The van der Waals surface area contributed by atoms with Crippen molar-refractivity contribution in [3.8, 4) is 0 Å². The van der Waals surface area contributed by atoms with Gasteiger partial charge in [-0.1, -0.05) is 42.5 Å². The van der Waals surface area contributed by atoms with Crippen LogP contribution >= 0.6 is 0 Å². The van der Waals surface area contributed by atoms with Gasteiger partial charge in [-0.3, -0.25) is 24.2 Å². The van der Waals surface area contributed by atoms with E-state index in [4.69, 9.17) is 4.74 Å². The van der Waals surface area contributed by atoms with Gasteiger partial charge in [0.25, 0.3) is 17.7 Å². The second-order valence-electron chi connectivity index (χ2n) is 7.92. The Morgan fingerprint density at radius 2 is 1.69 bits per heavy atom. The maximum Gasteiger partial charge on any atom is 0.261 e. The zero-order valence-electron chi connectivity index (χ0n) is 18.2. The molecule has 0 radical (unpaired) electrons. The molecule has 0 N–H and O–H groups in total. The number of piperazine rings is 1. The third-order valence-electron chi connectivity index (χ3n) is 5.87. The molecule has 0 aromatic heterocycles. The first-order valence-corrected chi connectivity index (χ1v) is 10.8. The second-order valence-corrected chi connectivity index (χ2v) is 7.92. The topological polar surface area (TPSA) is 70.2 Å². The fraction of sp³-hybridized carbons (Fsp3) is 0.320. The molecule has 0 atom stereocenters. The fourth-order valence-corrected chi connectivity index (χ4v) is 4.03. The maximum atomic E-state index is 13.0. The van der Waals surface area contributed by atoms with E-state index in [-0.39, 0.29) is 30.9 Å².